The Morgan fingerprint density at radius 1 is 0.381 bits per heavy atom. The molecule has 0 aromatic carbocycles. The third-order valence-electron chi connectivity index (χ3n) is 0.500. The predicted molar refractivity (Wildman–Crippen MR) is 35.1 cm³/mol. The van der Waals surface area contributed by atoms with E-state index >= 15 is 0 Å². The van der Waals surface area contributed by atoms with Gasteiger partial charge in [0.2, 0.25) is 0 Å². The van der Waals surface area contributed by atoms with Gasteiger partial charge in [0.25, 0.3) is 0 Å². The third-order valence-corrected chi connectivity index (χ3v) is 0.500. The molecule has 15 heteroatoms. The van der Waals surface area contributed by atoms with E-state index in [0.29, 0.717) is 0 Å². The standard InChI is InChI=1S/3C2H2O4.H3N.2Y/c3*3-1(4)2(5)6;;;/h3*(H,3,4)(H,5,6);1H3;;/q;;;;2*+3/p-6. The van der Waals surface area contributed by atoms with E-state index in [1.54, 1.807) is 0 Å². The fourth-order valence-corrected chi connectivity index (χ4v) is 0. The number of carboxylic acid groups (broad SMARTS) is 6. The van der Waals surface area contributed by atoms with Gasteiger partial charge in [0, 0.05) is 0 Å². The first-order chi connectivity index (χ1) is 7.93. The molecule has 13 nitrogen and oxygen atoms in total. The van der Waals surface area contributed by atoms with E-state index in [4.69, 9.17) is 59.4 Å². The number of hydrogen-bond donors (Lipinski definition) is 1. The molecule has 0 fully saturated rings. The molecular weight excluding hydrogens is 456 g/mol. The Hall–Kier alpha value is -1.01. The maximum atomic E-state index is 8.93. The summed E-state index contributed by atoms with van der Waals surface area (Å²) in [5.41, 5.74) is 0. The zero-order valence-corrected chi connectivity index (χ0v) is 15.4. The average Bonchev–Trinajstić information content (AvgIpc) is 2.18. The van der Waals surface area contributed by atoms with Gasteiger partial charge in [-0.25, -0.2) is 0 Å². The SMILES string of the molecule is N.O=C([O-])C(=O)[O-].O=C([O-])C(=O)[O-].O=C([O-])C(=O)[O-].[Y+3].[Y+3]. The van der Waals surface area contributed by atoms with Crippen molar-refractivity contribution in [2.45, 2.75) is 0 Å². The summed E-state index contributed by atoms with van der Waals surface area (Å²) in [5.74, 6) is -13.1. The van der Waals surface area contributed by atoms with E-state index in [1.165, 1.54) is 0 Å². The first kappa shape index (κ1) is 36.8. The molecule has 0 aliphatic heterocycles. The number of aliphatic carboxylic acids is 6. The minimum Gasteiger partial charge on any atom is -0.543 e. The van der Waals surface area contributed by atoms with Gasteiger partial charge in [0.05, 0.1) is 35.8 Å². The van der Waals surface area contributed by atoms with Gasteiger partial charge in [-0.1, -0.05) is 0 Å². The Bertz CT molecular complexity index is 287. The summed E-state index contributed by atoms with van der Waals surface area (Å²) in [6.07, 6.45) is 0. The Morgan fingerprint density at radius 3 is 0.429 bits per heavy atom. The van der Waals surface area contributed by atoms with Crippen LogP contribution >= 0.6 is 0 Å². The van der Waals surface area contributed by atoms with Gasteiger partial charge in [0.1, 0.15) is 0 Å². The van der Waals surface area contributed by atoms with Crippen LogP contribution in [0.25, 0.3) is 0 Å². The molecule has 0 rings (SSSR count). The maximum Gasteiger partial charge on any atom is 3.00 e. The van der Waals surface area contributed by atoms with Crippen LogP contribution in [0.4, 0.5) is 0 Å². The largest absolute Gasteiger partial charge is 3.00 e. The summed E-state index contributed by atoms with van der Waals surface area (Å²) in [5, 5.41) is 53.6. The van der Waals surface area contributed by atoms with Gasteiger partial charge in [-0.15, -0.1) is 0 Å². The van der Waals surface area contributed by atoms with Gasteiger partial charge in [-0.2, -0.15) is 0 Å². The topological polar surface area (TPSA) is 276 Å². The molecule has 0 spiro atoms. The van der Waals surface area contributed by atoms with Crippen molar-refractivity contribution in [2.75, 3.05) is 0 Å². The van der Waals surface area contributed by atoms with Crippen LogP contribution in [0.1, 0.15) is 0 Å². The van der Waals surface area contributed by atoms with E-state index in [0.717, 1.165) is 0 Å². The van der Waals surface area contributed by atoms with E-state index in [-0.39, 0.29) is 71.6 Å². The summed E-state index contributed by atoms with van der Waals surface area (Å²) in [6, 6.07) is 0. The molecule has 0 aromatic heterocycles. The van der Waals surface area contributed by atoms with Crippen LogP contribution < -0.4 is 36.8 Å². The Kier molecular flexibility index (Phi) is 37.3. The summed E-state index contributed by atoms with van der Waals surface area (Å²) in [7, 11) is 0. The monoisotopic (exact) mass is 459 g/mol. The minimum absolute atomic E-state index is 0. The molecule has 0 aromatic rings. The third kappa shape index (κ3) is 45.4. The van der Waals surface area contributed by atoms with Crippen LogP contribution in [-0.2, 0) is 94.2 Å². The number of carboxylic acids is 6. The number of hydrogen-bond acceptors (Lipinski definition) is 13. The molecule has 0 saturated heterocycles. The Labute approximate surface area is 165 Å². The van der Waals surface area contributed by atoms with Crippen molar-refractivity contribution in [3.05, 3.63) is 0 Å². The smallest absolute Gasteiger partial charge is 0.543 e. The Morgan fingerprint density at radius 2 is 0.429 bits per heavy atom. The van der Waals surface area contributed by atoms with E-state index in [2.05, 4.69) is 0 Å². The normalized spacial score (nSPS) is 6.29. The molecule has 0 aliphatic rings. The van der Waals surface area contributed by atoms with E-state index in [1.807, 2.05) is 0 Å². The zero-order valence-electron chi connectivity index (χ0n) is 9.76. The molecule has 0 amide bonds. The van der Waals surface area contributed by atoms with Crippen molar-refractivity contribution in [1.82, 2.24) is 6.15 Å². The fraction of sp³-hybridized carbons (Fsp3) is 0. The van der Waals surface area contributed by atoms with Crippen LogP contribution in [0, 0.1) is 0 Å². The second-order valence-electron chi connectivity index (χ2n) is 1.72. The second kappa shape index (κ2) is 21.3. The molecule has 0 heterocycles. The first-order valence-corrected chi connectivity index (χ1v) is 3.20. The Balaban J connectivity index is -0.0000000375. The summed E-state index contributed by atoms with van der Waals surface area (Å²) in [6.45, 7) is 0. The molecule has 0 bridgehead atoms. The average molecular weight is 459 g/mol. The van der Waals surface area contributed by atoms with Crippen LogP contribution in [0.3, 0.4) is 0 Å². The molecule has 3 N–H and O–H groups in total. The van der Waals surface area contributed by atoms with E-state index < -0.39 is 35.8 Å². The van der Waals surface area contributed by atoms with Gasteiger partial charge in [0.15, 0.2) is 0 Å². The van der Waals surface area contributed by atoms with Crippen LogP contribution in [0.15, 0.2) is 0 Å². The van der Waals surface area contributed by atoms with Crippen molar-refractivity contribution in [2.24, 2.45) is 0 Å². The molecule has 0 aliphatic carbocycles. The second-order valence-corrected chi connectivity index (χ2v) is 1.72. The summed E-state index contributed by atoms with van der Waals surface area (Å²) in [4.78, 5) is 53.6. The molecule has 0 radical (unpaired) electrons. The minimum atomic E-state index is -2.19. The number of carbonyl (C=O) groups excluding carboxylic acids is 6. The van der Waals surface area contributed by atoms with Crippen molar-refractivity contribution in [3.63, 3.8) is 0 Å². The molecular formula is C6H3NO12Y2. The zero-order chi connectivity index (χ0) is 15.5. The fourth-order valence-electron chi connectivity index (χ4n) is 0. The molecule has 0 atom stereocenters. The van der Waals surface area contributed by atoms with Crippen LogP contribution in [0.2, 0.25) is 0 Å². The summed E-state index contributed by atoms with van der Waals surface area (Å²) >= 11 is 0. The van der Waals surface area contributed by atoms with E-state index in [9.17, 15) is 0 Å². The van der Waals surface area contributed by atoms with Gasteiger partial charge < -0.3 is 65.6 Å². The number of rotatable bonds is 0. The number of carbonyl (C=O) groups is 6. The molecule has 0 unspecified atom stereocenters. The predicted octanol–water partition coefficient (Wildman–Crippen LogP) is -10.4. The molecule has 21 heavy (non-hydrogen) atoms. The van der Waals surface area contributed by atoms with Gasteiger partial charge >= 0.3 is 65.4 Å². The summed E-state index contributed by atoms with van der Waals surface area (Å²) < 4.78 is 0. The van der Waals surface area contributed by atoms with Crippen LogP contribution in [-0.4, -0.2) is 35.8 Å². The van der Waals surface area contributed by atoms with Gasteiger partial charge in [-0.05, 0) is 0 Å². The van der Waals surface area contributed by atoms with Crippen molar-refractivity contribution < 1.29 is 125 Å². The van der Waals surface area contributed by atoms with Crippen LogP contribution in [0.5, 0.6) is 0 Å². The van der Waals surface area contributed by atoms with Crippen molar-refractivity contribution in [3.8, 4) is 0 Å². The quantitative estimate of drug-likeness (QED) is 0.330. The van der Waals surface area contributed by atoms with Crippen molar-refractivity contribution >= 4 is 35.8 Å². The maximum absolute atomic E-state index is 8.93. The first-order valence-electron chi connectivity index (χ1n) is 3.20. The molecule has 0 saturated carbocycles. The van der Waals surface area contributed by atoms with Crippen molar-refractivity contribution in [1.29, 1.82) is 0 Å². The molecule has 110 valence electrons. The van der Waals surface area contributed by atoms with Gasteiger partial charge in [-0.3, -0.25) is 0 Å².